The molecule has 0 aromatic heterocycles. The third kappa shape index (κ3) is 4.31. The number of methoxy groups -OCH3 is 1. The van der Waals surface area contributed by atoms with E-state index in [-0.39, 0.29) is 30.3 Å². The van der Waals surface area contributed by atoms with Crippen LogP contribution in [0, 0.1) is 5.82 Å². The van der Waals surface area contributed by atoms with Gasteiger partial charge in [-0.25, -0.2) is 12.8 Å². The molecule has 2 aromatic rings. The van der Waals surface area contributed by atoms with E-state index in [1.807, 2.05) is 30.3 Å². The molecule has 0 atom stereocenters. The summed E-state index contributed by atoms with van der Waals surface area (Å²) < 4.78 is 45.5. The van der Waals surface area contributed by atoms with E-state index in [2.05, 4.69) is 0 Å². The first-order valence-electron chi connectivity index (χ1n) is 7.56. The number of nitrogens with two attached hydrogens (primary N) is 1. The molecule has 0 heterocycles. The van der Waals surface area contributed by atoms with Crippen molar-refractivity contribution < 1.29 is 17.5 Å². The average Bonchev–Trinajstić information content (AvgIpc) is 2.59. The molecule has 0 fully saturated rings. The first kappa shape index (κ1) is 18.4. The number of nitrogens with zero attached hydrogens (tertiary/aromatic N) is 1. The maximum Gasteiger partial charge on any atom is 0.243 e. The number of ether oxygens (including phenoxy) is 1. The summed E-state index contributed by atoms with van der Waals surface area (Å²) in [5.74, 6) is -0.710. The minimum absolute atomic E-state index is 0.00334. The van der Waals surface area contributed by atoms with Gasteiger partial charge in [0.05, 0.1) is 12.0 Å². The van der Waals surface area contributed by atoms with Crippen LogP contribution in [0.4, 0.5) is 4.39 Å². The van der Waals surface area contributed by atoms with E-state index in [1.54, 1.807) is 0 Å². The van der Waals surface area contributed by atoms with Crippen LogP contribution in [0.25, 0.3) is 0 Å². The molecular weight excluding hydrogens is 331 g/mol. The normalized spacial score (nSPS) is 11.7. The first-order valence-corrected chi connectivity index (χ1v) is 9.00. The minimum Gasteiger partial charge on any atom is -0.494 e. The van der Waals surface area contributed by atoms with Gasteiger partial charge in [0.15, 0.2) is 11.6 Å². The molecule has 2 aromatic carbocycles. The van der Waals surface area contributed by atoms with Crippen LogP contribution in [0.3, 0.4) is 0 Å². The Morgan fingerprint density at radius 3 is 2.42 bits per heavy atom. The lowest BCUT2D eigenvalue weighted by Gasteiger charge is -2.22. The third-order valence-corrected chi connectivity index (χ3v) is 5.53. The molecule has 0 bridgehead atoms. The quantitative estimate of drug-likeness (QED) is 0.789. The number of hydrogen-bond donors (Lipinski definition) is 1. The summed E-state index contributed by atoms with van der Waals surface area (Å²) in [6.07, 6.45) is 0.554. The van der Waals surface area contributed by atoms with Crippen LogP contribution in [0.2, 0.25) is 0 Å². The van der Waals surface area contributed by atoms with Gasteiger partial charge in [-0.15, -0.1) is 0 Å². The van der Waals surface area contributed by atoms with E-state index in [0.717, 1.165) is 11.6 Å². The molecule has 2 rings (SSSR count). The van der Waals surface area contributed by atoms with Crippen molar-refractivity contribution in [3.05, 3.63) is 59.9 Å². The fourth-order valence-electron chi connectivity index (χ4n) is 2.35. The van der Waals surface area contributed by atoms with Crippen molar-refractivity contribution in [3.63, 3.8) is 0 Å². The zero-order valence-electron chi connectivity index (χ0n) is 13.5. The summed E-state index contributed by atoms with van der Waals surface area (Å²) in [4.78, 5) is -0.109. The molecule has 0 saturated carbocycles. The molecule has 0 spiro atoms. The summed E-state index contributed by atoms with van der Waals surface area (Å²) in [6, 6.07) is 13.2. The lowest BCUT2D eigenvalue weighted by atomic mass is 10.1. The van der Waals surface area contributed by atoms with Gasteiger partial charge >= 0.3 is 0 Å². The van der Waals surface area contributed by atoms with Crippen LogP contribution >= 0.6 is 0 Å². The molecule has 2 N–H and O–H groups in total. The maximum absolute atomic E-state index is 13.8. The van der Waals surface area contributed by atoms with Crippen molar-refractivity contribution in [1.29, 1.82) is 0 Å². The Kier molecular flexibility index (Phi) is 6.30. The smallest absolute Gasteiger partial charge is 0.243 e. The van der Waals surface area contributed by atoms with Crippen molar-refractivity contribution in [1.82, 2.24) is 4.31 Å². The molecule has 24 heavy (non-hydrogen) atoms. The van der Waals surface area contributed by atoms with Gasteiger partial charge in [-0.05, 0) is 30.2 Å². The van der Waals surface area contributed by atoms with Gasteiger partial charge in [-0.1, -0.05) is 30.3 Å². The van der Waals surface area contributed by atoms with E-state index in [9.17, 15) is 12.8 Å². The fraction of sp³-hybridized carbons (Fsp3) is 0.294. The van der Waals surface area contributed by atoms with Gasteiger partial charge in [0.2, 0.25) is 10.0 Å². The minimum atomic E-state index is -3.82. The zero-order valence-corrected chi connectivity index (χ0v) is 14.3. The van der Waals surface area contributed by atoms with Gasteiger partial charge in [-0.2, -0.15) is 4.31 Å². The summed E-state index contributed by atoms with van der Waals surface area (Å²) in [5.41, 5.74) is 6.57. The number of halogens is 1. The van der Waals surface area contributed by atoms with Crippen LogP contribution in [-0.4, -0.2) is 39.5 Å². The van der Waals surface area contributed by atoms with Gasteiger partial charge < -0.3 is 10.5 Å². The molecular formula is C17H21FN2O3S. The van der Waals surface area contributed by atoms with Gasteiger partial charge in [0, 0.05) is 19.6 Å². The zero-order chi connectivity index (χ0) is 17.6. The van der Waals surface area contributed by atoms with Crippen molar-refractivity contribution >= 4 is 10.0 Å². The lowest BCUT2D eigenvalue weighted by molar-refractivity contribution is 0.384. The molecule has 0 aliphatic carbocycles. The monoisotopic (exact) mass is 352 g/mol. The van der Waals surface area contributed by atoms with Crippen molar-refractivity contribution in [2.45, 2.75) is 11.3 Å². The standard InChI is InChI=1S/C17H21FN2O3S/c1-23-17-8-7-15(13-16(17)18)24(21,22)20(12-10-19)11-9-14-5-3-2-4-6-14/h2-8,13H,9-12,19H2,1H3. The highest BCUT2D eigenvalue weighted by Crippen LogP contribution is 2.23. The van der Waals surface area contributed by atoms with Gasteiger partial charge in [0.25, 0.3) is 0 Å². The number of sulfonamides is 1. The second-order valence-corrected chi connectivity index (χ2v) is 7.16. The van der Waals surface area contributed by atoms with Crippen LogP contribution in [0.15, 0.2) is 53.4 Å². The van der Waals surface area contributed by atoms with E-state index in [4.69, 9.17) is 10.5 Å². The van der Waals surface area contributed by atoms with Crippen molar-refractivity contribution in [2.24, 2.45) is 5.73 Å². The predicted octanol–water partition coefficient (Wildman–Crippen LogP) is 2.03. The molecule has 5 nitrogen and oxygen atoms in total. The van der Waals surface area contributed by atoms with Gasteiger partial charge in [0.1, 0.15) is 0 Å². The summed E-state index contributed by atoms with van der Waals surface area (Å²) in [6.45, 7) is 0.632. The first-order chi connectivity index (χ1) is 11.5. The van der Waals surface area contributed by atoms with E-state index >= 15 is 0 Å². The molecule has 0 aliphatic rings. The van der Waals surface area contributed by atoms with Crippen LogP contribution in [-0.2, 0) is 16.4 Å². The second-order valence-electron chi connectivity index (χ2n) is 5.22. The Bertz CT molecular complexity index is 767. The van der Waals surface area contributed by atoms with Crippen molar-refractivity contribution in [3.8, 4) is 5.75 Å². The molecule has 0 unspecified atom stereocenters. The summed E-state index contributed by atoms with van der Waals surface area (Å²) in [7, 11) is -2.50. The van der Waals surface area contributed by atoms with Crippen LogP contribution in [0.5, 0.6) is 5.75 Å². The Balaban J connectivity index is 2.23. The summed E-state index contributed by atoms with van der Waals surface area (Å²) in [5, 5.41) is 0. The number of rotatable bonds is 8. The average molecular weight is 352 g/mol. The maximum atomic E-state index is 13.8. The Morgan fingerprint density at radius 2 is 1.83 bits per heavy atom. The third-order valence-electron chi connectivity index (χ3n) is 3.63. The van der Waals surface area contributed by atoms with Gasteiger partial charge in [-0.3, -0.25) is 0 Å². The lowest BCUT2D eigenvalue weighted by Crippen LogP contribution is -2.37. The molecule has 0 aliphatic heterocycles. The number of benzene rings is 2. The highest BCUT2D eigenvalue weighted by Gasteiger charge is 2.24. The highest BCUT2D eigenvalue weighted by atomic mass is 32.2. The number of hydrogen-bond acceptors (Lipinski definition) is 4. The van der Waals surface area contributed by atoms with E-state index in [0.29, 0.717) is 6.42 Å². The SMILES string of the molecule is COc1ccc(S(=O)(=O)N(CCN)CCc2ccccc2)cc1F. The summed E-state index contributed by atoms with van der Waals surface area (Å²) >= 11 is 0. The fourth-order valence-corrected chi connectivity index (χ4v) is 3.82. The Morgan fingerprint density at radius 1 is 1.12 bits per heavy atom. The molecule has 130 valence electrons. The molecule has 0 amide bonds. The topological polar surface area (TPSA) is 72.6 Å². The van der Waals surface area contributed by atoms with Crippen molar-refractivity contribution in [2.75, 3.05) is 26.7 Å². The van der Waals surface area contributed by atoms with Crippen LogP contribution < -0.4 is 10.5 Å². The molecule has 0 radical (unpaired) electrons. The molecule has 7 heteroatoms. The van der Waals surface area contributed by atoms with Crippen LogP contribution in [0.1, 0.15) is 5.56 Å². The van der Waals surface area contributed by atoms with E-state index < -0.39 is 15.8 Å². The second kappa shape index (κ2) is 8.23. The largest absolute Gasteiger partial charge is 0.494 e. The predicted molar refractivity (Wildman–Crippen MR) is 90.9 cm³/mol. The molecule has 0 saturated heterocycles. The van der Waals surface area contributed by atoms with E-state index in [1.165, 1.54) is 23.5 Å². The Hall–Kier alpha value is -1.96. The Labute approximate surface area is 141 Å². The highest BCUT2D eigenvalue weighted by molar-refractivity contribution is 7.89.